The molecule has 1 unspecified atom stereocenters. The predicted molar refractivity (Wildman–Crippen MR) is 106 cm³/mol. The average Bonchev–Trinajstić information content (AvgIpc) is 2.64. The maximum Gasteiger partial charge on any atom is 0.123 e. The topological polar surface area (TPSA) is 3.24 Å². The first-order chi connectivity index (χ1) is 12.6. The van der Waals surface area contributed by atoms with E-state index in [4.69, 9.17) is 0 Å². The molecule has 1 heterocycles. The summed E-state index contributed by atoms with van der Waals surface area (Å²) >= 11 is 1.84. The standard InChI is InChI=1S/C22H23F2NS/c1-17(8-9-18-5-4-6-21(24)15-18)26-22-7-2-3-14-25(22)16-19-10-12-20(23)13-11-19/h2-7,10-13,15,17H,8-9,14,16H2,1H3. The molecule has 0 aliphatic carbocycles. The van der Waals surface area contributed by atoms with Crippen LogP contribution in [0.15, 0.2) is 71.8 Å². The number of nitrogens with zero attached hydrogens (tertiary/aromatic N) is 1. The molecule has 0 N–H and O–H groups in total. The van der Waals surface area contributed by atoms with Crippen LogP contribution in [0.2, 0.25) is 0 Å². The molecular weight excluding hydrogens is 348 g/mol. The maximum atomic E-state index is 13.3. The van der Waals surface area contributed by atoms with Gasteiger partial charge in [0.2, 0.25) is 0 Å². The molecule has 0 amide bonds. The van der Waals surface area contributed by atoms with E-state index < -0.39 is 0 Å². The minimum absolute atomic E-state index is 0.173. The minimum atomic E-state index is -0.205. The molecule has 3 rings (SSSR count). The number of benzene rings is 2. The first kappa shape index (κ1) is 18.7. The van der Waals surface area contributed by atoms with E-state index in [-0.39, 0.29) is 11.6 Å². The van der Waals surface area contributed by atoms with Crippen LogP contribution >= 0.6 is 11.8 Å². The summed E-state index contributed by atoms with van der Waals surface area (Å²) < 4.78 is 26.4. The summed E-state index contributed by atoms with van der Waals surface area (Å²) in [5.41, 5.74) is 2.14. The Morgan fingerprint density at radius 2 is 1.85 bits per heavy atom. The maximum absolute atomic E-state index is 13.3. The van der Waals surface area contributed by atoms with Gasteiger partial charge in [0, 0.05) is 18.3 Å². The van der Waals surface area contributed by atoms with Crippen LogP contribution in [0.5, 0.6) is 0 Å². The highest BCUT2D eigenvalue weighted by Crippen LogP contribution is 2.30. The molecule has 0 saturated carbocycles. The monoisotopic (exact) mass is 371 g/mol. The van der Waals surface area contributed by atoms with E-state index in [1.54, 1.807) is 12.1 Å². The summed E-state index contributed by atoms with van der Waals surface area (Å²) in [7, 11) is 0. The molecule has 0 aromatic heterocycles. The van der Waals surface area contributed by atoms with Gasteiger partial charge in [-0.3, -0.25) is 0 Å². The lowest BCUT2D eigenvalue weighted by Gasteiger charge is -2.29. The Kier molecular flexibility index (Phi) is 6.51. The van der Waals surface area contributed by atoms with Crippen molar-refractivity contribution < 1.29 is 8.78 Å². The second-order valence-electron chi connectivity index (χ2n) is 6.54. The van der Waals surface area contributed by atoms with Crippen molar-refractivity contribution in [1.82, 2.24) is 4.90 Å². The van der Waals surface area contributed by atoms with Crippen LogP contribution in [0.4, 0.5) is 8.78 Å². The molecule has 1 atom stereocenters. The van der Waals surface area contributed by atoms with Crippen molar-refractivity contribution in [2.75, 3.05) is 6.54 Å². The van der Waals surface area contributed by atoms with Gasteiger partial charge in [0.1, 0.15) is 11.6 Å². The second-order valence-corrected chi connectivity index (χ2v) is 8.00. The van der Waals surface area contributed by atoms with Crippen molar-refractivity contribution in [2.24, 2.45) is 0 Å². The summed E-state index contributed by atoms with van der Waals surface area (Å²) in [4.78, 5) is 2.30. The Bertz CT molecular complexity index is 783. The minimum Gasteiger partial charge on any atom is -0.358 e. The van der Waals surface area contributed by atoms with Crippen LogP contribution in [0, 0.1) is 11.6 Å². The van der Waals surface area contributed by atoms with Gasteiger partial charge >= 0.3 is 0 Å². The van der Waals surface area contributed by atoms with Crippen LogP contribution in [0.25, 0.3) is 0 Å². The summed E-state index contributed by atoms with van der Waals surface area (Å²) in [6.45, 7) is 3.83. The van der Waals surface area contributed by atoms with Gasteiger partial charge in [-0.2, -0.15) is 0 Å². The van der Waals surface area contributed by atoms with Crippen LogP contribution in [0.3, 0.4) is 0 Å². The number of hydrogen-bond donors (Lipinski definition) is 0. The smallest absolute Gasteiger partial charge is 0.123 e. The van der Waals surface area contributed by atoms with Gasteiger partial charge in [0.05, 0.1) is 5.03 Å². The molecule has 2 aromatic carbocycles. The summed E-state index contributed by atoms with van der Waals surface area (Å²) in [6.07, 6.45) is 8.21. The van der Waals surface area contributed by atoms with Gasteiger partial charge in [0.25, 0.3) is 0 Å². The Balaban J connectivity index is 1.56. The first-order valence-corrected chi connectivity index (χ1v) is 9.75. The molecule has 1 aliphatic rings. The third-order valence-corrected chi connectivity index (χ3v) is 5.62. The highest BCUT2D eigenvalue weighted by molar-refractivity contribution is 8.03. The van der Waals surface area contributed by atoms with Gasteiger partial charge < -0.3 is 4.90 Å². The normalized spacial score (nSPS) is 15.0. The van der Waals surface area contributed by atoms with Crippen molar-refractivity contribution in [1.29, 1.82) is 0 Å². The van der Waals surface area contributed by atoms with E-state index in [0.29, 0.717) is 5.25 Å². The van der Waals surface area contributed by atoms with Crippen molar-refractivity contribution >= 4 is 11.8 Å². The van der Waals surface area contributed by atoms with E-state index in [2.05, 4.69) is 30.1 Å². The highest BCUT2D eigenvalue weighted by atomic mass is 32.2. The fraction of sp³-hybridized carbons (Fsp3) is 0.273. The summed E-state index contributed by atoms with van der Waals surface area (Å²) in [5, 5.41) is 1.65. The number of halogens is 2. The van der Waals surface area contributed by atoms with E-state index in [1.165, 1.54) is 23.2 Å². The Hall–Kier alpha value is -2.07. The van der Waals surface area contributed by atoms with E-state index in [1.807, 2.05) is 30.0 Å². The second kappa shape index (κ2) is 9.04. The van der Waals surface area contributed by atoms with Gasteiger partial charge in [-0.05, 0) is 54.3 Å². The van der Waals surface area contributed by atoms with Gasteiger partial charge in [0.15, 0.2) is 0 Å². The average molecular weight is 371 g/mol. The quantitative estimate of drug-likeness (QED) is 0.593. The number of rotatable bonds is 7. The molecule has 4 heteroatoms. The predicted octanol–water partition coefficient (Wildman–Crippen LogP) is 5.93. The van der Waals surface area contributed by atoms with E-state index >= 15 is 0 Å². The molecule has 0 saturated heterocycles. The lowest BCUT2D eigenvalue weighted by Crippen LogP contribution is -2.24. The zero-order valence-corrected chi connectivity index (χ0v) is 15.7. The largest absolute Gasteiger partial charge is 0.358 e. The van der Waals surface area contributed by atoms with Crippen molar-refractivity contribution in [2.45, 2.75) is 31.6 Å². The Morgan fingerprint density at radius 3 is 2.62 bits per heavy atom. The molecule has 0 bridgehead atoms. The third-order valence-electron chi connectivity index (χ3n) is 4.35. The fourth-order valence-electron chi connectivity index (χ4n) is 2.93. The number of hydrogen-bond acceptors (Lipinski definition) is 2. The zero-order valence-electron chi connectivity index (χ0n) is 14.9. The van der Waals surface area contributed by atoms with Crippen LogP contribution in [0.1, 0.15) is 24.5 Å². The molecule has 0 spiro atoms. The molecule has 1 nitrogen and oxygen atoms in total. The fourth-order valence-corrected chi connectivity index (χ4v) is 4.02. The van der Waals surface area contributed by atoms with Crippen LogP contribution in [-0.2, 0) is 13.0 Å². The molecule has 1 aliphatic heterocycles. The van der Waals surface area contributed by atoms with Crippen molar-refractivity contribution in [3.8, 4) is 0 Å². The lowest BCUT2D eigenvalue weighted by atomic mass is 10.1. The number of allylic oxidation sites excluding steroid dienone is 2. The Labute approximate surface area is 158 Å². The van der Waals surface area contributed by atoms with E-state index in [0.717, 1.165) is 37.1 Å². The van der Waals surface area contributed by atoms with Gasteiger partial charge in [-0.25, -0.2) is 8.78 Å². The van der Waals surface area contributed by atoms with Crippen molar-refractivity contribution in [3.05, 3.63) is 94.5 Å². The zero-order chi connectivity index (χ0) is 18.4. The van der Waals surface area contributed by atoms with Crippen LogP contribution in [-0.4, -0.2) is 16.7 Å². The molecule has 26 heavy (non-hydrogen) atoms. The molecule has 136 valence electrons. The third kappa shape index (κ3) is 5.46. The highest BCUT2D eigenvalue weighted by Gasteiger charge is 2.15. The number of thioether (sulfide) groups is 1. The Morgan fingerprint density at radius 1 is 1.04 bits per heavy atom. The summed E-state index contributed by atoms with van der Waals surface area (Å²) in [6, 6.07) is 13.5. The van der Waals surface area contributed by atoms with Crippen molar-refractivity contribution in [3.63, 3.8) is 0 Å². The molecule has 0 fully saturated rings. The van der Waals surface area contributed by atoms with Gasteiger partial charge in [-0.15, -0.1) is 11.8 Å². The molecule has 2 aromatic rings. The lowest BCUT2D eigenvalue weighted by molar-refractivity contribution is 0.394. The first-order valence-electron chi connectivity index (χ1n) is 8.87. The van der Waals surface area contributed by atoms with Crippen LogP contribution < -0.4 is 0 Å². The SMILES string of the molecule is CC(CCc1cccc(F)c1)SC1=CC=CCN1Cc1ccc(F)cc1. The summed E-state index contributed by atoms with van der Waals surface area (Å²) in [5.74, 6) is -0.378. The number of aryl methyl sites for hydroxylation is 1. The molecule has 0 radical (unpaired) electrons. The van der Waals surface area contributed by atoms with Gasteiger partial charge in [-0.1, -0.05) is 43.3 Å². The molecular formula is C22H23F2NS. The van der Waals surface area contributed by atoms with E-state index in [9.17, 15) is 8.78 Å².